The largest absolute Gasteiger partial charge is 0.423 e. The van der Waals surface area contributed by atoms with Crippen molar-refractivity contribution in [1.82, 2.24) is 5.32 Å². The minimum absolute atomic E-state index is 0.159. The van der Waals surface area contributed by atoms with Crippen LogP contribution in [0.4, 0.5) is 5.69 Å². The van der Waals surface area contributed by atoms with Gasteiger partial charge in [0.15, 0.2) is 0 Å². The van der Waals surface area contributed by atoms with E-state index in [0.717, 1.165) is 22.2 Å². The van der Waals surface area contributed by atoms with Crippen LogP contribution in [-0.2, 0) is 6.54 Å². The molecule has 3 aromatic rings. The molecule has 0 unspecified atom stereocenters. The van der Waals surface area contributed by atoms with Gasteiger partial charge in [-0.1, -0.05) is 26.0 Å². The molecular weight excluding hydrogens is 340 g/mol. The highest BCUT2D eigenvalue weighted by atomic mass is 16.4. The van der Waals surface area contributed by atoms with Crippen molar-refractivity contribution in [2.75, 3.05) is 12.4 Å². The van der Waals surface area contributed by atoms with Crippen LogP contribution in [0.3, 0.4) is 0 Å². The van der Waals surface area contributed by atoms with Crippen LogP contribution in [-0.4, -0.2) is 13.0 Å². The summed E-state index contributed by atoms with van der Waals surface area (Å²) in [6.07, 6.45) is 0. The summed E-state index contributed by atoms with van der Waals surface area (Å²) >= 11 is 0. The van der Waals surface area contributed by atoms with Crippen molar-refractivity contribution >= 4 is 22.6 Å². The Balaban J connectivity index is 2.02. The Hall–Kier alpha value is -3.08. The third-order valence-corrected chi connectivity index (χ3v) is 4.71. The van der Waals surface area contributed by atoms with E-state index in [0.29, 0.717) is 23.6 Å². The van der Waals surface area contributed by atoms with Gasteiger partial charge in [0.05, 0.1) is 5.56 Å². The number of fused-ring (bicyclic) bond motifs is 1. The number of para-hydroxylation sites is 1. The summed E-state index contributed by atoms with van der Waals surface area (Å²) in [7, 11) is 1.60. The molecule has 3 rings (SSSR count). The van der Waals surface area contributed by atoms with E-state index in [-0.39, 0.29) is 11.5 Å². The van der Waals surface area contributed by atoms with Gasteiger partial charge in [-0.2, -0.15) is 0 Å². The normalized spacial score (nSPS) is 11.0. The van der Waals surface area contributed by atoms with E-state index in [4.69, 9.17) is 4.42 Å². The lowest BCUT2D eigenvalue weighted by molar-refractivity contribution is 0.0964. The maximum atomic E-state index is 12.1. The van der Waals surface area contributed by atoms with Gasteiger partial charge >= 0.3 is 5.63 Å². The number of benzene rings is 2. The summed E-state index contributed by atoms with van der Waals surface area (Å²) in [6.45, 7) is 6.73. The number of anilines is 1. The maximum Gasteiger partial charge on any atom is 0.336 e. The molecule has 5 heteroatoms. The second-order valence-corrected chi connectivity index (χ2v) is 6.93. The van der Waals surface area contributed by atoms with Crippen molar-refractivity contribution in [2.45, 2.75) is 33.2 Å². The van der Waals surface area contributed by atoms with Gasteiger partial charge in [-0.15, -0.1) is 0 Å². The van der Waals surface area contributed by atoms with Crippen LogP contribution in [0.1, 0.15) is 46.8 Å². The molecular formula is C22H24N2O3. The minimum atomic E-state index is -0.379. The molecule has 0 bridgehead atoms. The predicted molar refractivity (Wildman–Crippen MR) is 108 cm³/mol. The van der Waals surface area contributed by atoms with Crippen LogP contribution in [0, 0.1) is 6.92 Å². The van der Waals surface area contributed by atoms with Crippen molar-refractivity contribution < 1.29 is 9.21 Å². The average Bonchev–Trinajstić information content (AvgIpc) is 2.64. The number of hydrogen-bond donors (Lipinski definition) is 2. The summed E-state index contributed by atoms with van der Waals surface area (Å²) in [5.41, 5.74) is 4.66. The molecule has 2 N–H and O–H groups in total. The predicted octanol–water partition coefficient (Wildman–Crippen LogP) is 4.20. The zero-order valence-electron chi connectivity index (χ0n) is 16.1. The van der Waals surface area contributed by atoms with Gasteiger partial charge < -0.3 is 15.1 Å². The fourth-order valence-electron chi connectivity index (χ4n) is 3.32. The first kappa shape index (κ1) is 18.7. The maximum absolute atomic E-state index is 12.1. The number of carbonyl (C=O) groups excluding carboxylic acids is 1. The molecule has 0 aliphatic rings. The van der Waals surface area contributed by atoms with Crippen molar-refractivity contribution in [3.8, 4) is 0 Å². The van der Waals surface area contributed by atoms with E-state index >= 15 is 0 Å². The fourth-order valence-corrected chi connectivity index (χ4v) is 3.32. The molecule has 2 aromatic carbocycles. The first-order chi connectivity index (χ1) is 12.9. The molecule has 0 atom stereocenters. The van der Waals surface area contributed by atoms with E-state index in [2.05, 4.69) is 30.5 Å². The number of aryl methyl sites for hydroxylation is 1. The van der Waals surface area contributed by atoms with Gasteiger partial charge in [-0.05, 0) is 53.8 Å². The van der Waals surface area contributed by atoms with E-state index in [1.54, 1.807) is 13.1 Å². The van der Waals surface area contributed by atoms with E-state index in [9.17, 15) is 9.59 Å². The Morgan fingerprint density at radius 1 is 1.15 bits per heavy atom. The van der Waals surface area contributed by atoms with Crippen molar-refractivity contribution in [1.29, 1.82) is 0 Å². The topological polar surface area (TPSA) is 71.3 Å². The van der Waals surface area contributed by atoms with Crippen molar-refractivity contribution in [3.63, 3.8) is 0 Å². The lowest BCUT2D eigenvalue weighted by Gasteiger charge is -2.15. The van der Waals surface area contributed by atoms with Gasteiger partial charge in [0, 0.05) is 30.7 Å². The molecule has 1 aromatic heterocycles. The molecule has 0 spiro atoms. The molecule has 0 aliphatic heterocycles. The second kappa shape index (κ2) is 7.66. The number of nitrogens with one attached hydrogen (secondary N) is 2. The van der Waals surface area contributed by atoms with Crippen LogP contribution in [0.15, 0.2) is 51.7 Å². The highest BCUT2D eigenvalue weighted by Crippen LogP contribution is 2.27. The van der Waals surface area contributed by atoms with E-state index in [1.807, 2.05) is 31.2 Å². The lowest BCUT2D eigenvalue weighted by Crippen LogP contribution is -2.19. The van der Waals surface area contributed by atoms with Crippen LogP contribution in [0.2, 0.25) is 0 Å². The van der Waals surface area contributed by atoms with Crippen LogP contribution < -0.4 is 16.3 Å². The summed E-state index contributed by atoms with van der Waals surface area (Å²) < 4.78 is 5.40. The van der Waals surface area contributed by atoms with Crippen LogP contribution in [0.5, 0.6) is 0 Å². The second-order valence-electron chi connectivity index (χ2n) is 6.93. The quantitative estimate of drug-likeness (QED) is 0.666. The Bertz CT molecular complexity index is 1050. The van der Waals surface area contributed by atoms with Gasteiger partial charge in [-0.25, -0.2) is 4.79 Å². The monoisotopic (exact) mass is 364 g/mol. The van der Waals surface area contributed by atoms with E-state index in [1.165, 1.54) is 11.6 Å². The van der Waals surface area contributed by atoms with Crippen molar-refractivity contribution in [3.05, 3.63) is 75.1 Å². The van der Waals surface area contributed by atoms with Gasteiger partial charge in [-0.3, -0.25) is 4.79 Å². The standard InChI is InChI=1S/C22H24N2O3/c1-13(2)17-11-18-15(10-21(25)27-20(18)9-14(17)3)12-24-19-8-6-5-7-16(19)22(26)23-4/h5-11,13,24H,12H2,1-4H3,(H,23,26). The Morgan fingerprint density at radius 2 is 1.89 bits per heavy atom. The number of carbonyl (C=O) groups is 1. The first-order valence-corrected chi connectivity index (χ1v) is 9.03. The molecule has 1 heterocycles. The zero-order chi connectivity index (χ0) is 19.6. The molecule has 0 radical (unpaired) electrons. The Kier molecular flexibility index (Phi) is 5.31. The lowest BCUT2D eigenvalue weighted by atomic mass is 9.95. The zero-order valence-corrected chi connectivity index (χ0v) is 16.1. The third-order valence-electron chi connectivity index (χ3n) is 4.71. The molecule has 0 saturated carbocycles. The molecule has 0 aliphatic carbocycles. The fraction of sp³-hybridized carbons (Fsp3) is 0.273. The minimum Gasteiger partial charge on any atom is -0.423 e. The highest BCUT2D eigenvalue weighted by molar-refractivity contribution is 5.99. The SMILES string of the molecule is CNC(=O)c1ccccc1NCc1cc(=O)oc2cc(C)c(C(C)C)cc12. The van der Waals surface area contributed by atoms with Crippen LogP contribution >= 0.6 is 0 Å². The third kappa shape index (κ3) is 3.87. The van der Waals surface area contributed by atoms with Crippen LogP contribution in [0.25, 0.3) is 11.0 Å². The average molecular weight is 364 g/mol. The Labute approximate surface area is 158 Å². The molecule has 1 amide bonds. The summed E-state index contributed by atoms with van der Waals surface area (Å²) in [5.74, 6) is 0.212. The number of hydrogen-bond acceptors (Lipinski definition) is 4. The van der Waals surface area contributed by atoms with E-state index < -0.39 is 0 Å². The van der Waals surface area contributed by atoms with Gasteiger partial charge in [0.25, 0.3) is 5.91 Å². The number of rotatable bonds is 5. The smallest absolute Gasteiger partial charge is 0.336 e. The summed E-state index contributed by atoms with van der Waals surface area (Å²) in [5, 5.41) is 6.84. The van der Waals surface area contributed by atoms with Crippen molar-refractivity contribution in [2.24, 2.45) is 0 Å². The molecule has 0 saturated heterocycles. The summed E-state index contributed by atoms with van der Waals surface area (Å²) in [6, 6.07) is 12.8. The molecule has 5 nitrogen and oxygen atoms in total. The Morgan fingerprint density at radius 3 is 2.59 bits per heavy atom. The highest BCUT2D eigenvalue weighted by Gasteiger charge is 2.13. The molecule has 140 valence electrons. The van der Waals surface area contributed by atoms with Gasteiger partial charge in [0.2, 0.25) is 0 Å². The molecule has 27 heavy (non-hydrogen) atoms. The summed E-state index contributed by atoms with van der Waals surface area (Å²) in [4.78, 5) is 24.1. The van der Waals surface area contributed by atoms with Gasteiger partial charge in [0.1, 0.15) is 5.58 Å². The molecule has 0 fully saturated rings. The number of amides is 1. The first-order valence-electron chi connectivity index (χ1n) is 9.03.